The third-order valence-electron chi connectivity index (χ3n) is 6.95. The number of carbonyl (C=O) groups excluding carboxylic acids is 1. The number of sulfonamides is 1. The number of ketones is 1. The van der Waals surface area contributed by atoms with Gasteiger partial charge in [0, 0.05) is 47.9 Å². The normalized spacial score (nSPS) is 16.2. The molecule has 7 heteroatoms. The molecule has 0 bridgehead atoms. The van der Waals surface area contributed by atoms with Crippen molar-refractivity contribution in [3.8, 4) is 0 Å². The standard InChI is InChI=1S/C28H31ClN2O3S/c1-19-16-25(29)8-9-26(19)27(18-28(32)24-10-13-30-20(2)17-24)23-6-4-21(5-7-23)22-11-14-31(15-12-22)35(3,33)34/h4-10,13,16-17,22,27H,11-12,14-15,18H2,1-3H3. The zero-order valence-corrected chi connectivity index (χ0v) is 21.9. The summed E-state index contributed by atoms with van der Waals surface area (Å²) in [6, 6.07) is 17.9. The molecular weight excluding hydrogens is 480 g/mol. The number of piperidine rings is 1. The van der Waals surface area contributed by atoms with Gasteiger partial charge in [0.2, 0.25) is 10.0 Å². The Labute approximate surface area is 213 Å². The largest absolute Gasteiger partial charge is 0.294 e. The minimum Gasteiger partial charge on any atom is -0.294 e. The highest BCUT2D eigenvalue weighted by molar-refractivity contribution is 7.88. The quantitative estimate of drug-likeness (QED) is 0.371. The van der Waals surface area contributed by atoms with E-state index < -0.39 is 10.0 Å². The van der Waals surface area contributed by atoms with Gasteiger partial charge in [-0.2, -0.15) is 0 Å². The number of hydrogen-bond donors (Lipinski definition) is 0. The molecule has 0 amide bonds. The van der Waals surface area contributed by atoms with Gasteiger partial charge in [0.05, 0.1) is 6.26 Å². The topological polar surface area (TPSA) is 67.3 Å². The lowest BCUT2D eigenvalue weighted by Crippen LogP contribution is -2.37. The van der Waals surface area contributed by atoms with E-state index in [1.807, 2.05) is 38.1 Å². The maximum Gasteiger partial charge on any atom is 0.211 e. The van der Waals surface area contributed by atoms with Crippen molar-refractivity contribution < 1.29 is 13.2 Å². The summed E-state index contributed by atoms with van der Waals surface area (Å²) in [5.41, 5.74) is 5.92. The van der Waals surface area contributed by atoms with Gasteiger partial charge in [-0.05, 0) is 79.1 Å². The number of aryl methyl sites for hydroxylation is 2. The number of nitrogens with zero attached hydrogens (tertiary/aromatic N) is 2. The molecule has 1 aromatic heterocycles. The average molecular weight is 511 g/mol. The summed E-state index contributed by atoms with van der Waals surface area (Å²) >= 11 is 6.22. The number of benzene rings is 2. The molecule has 0 saturated carbocycles. The highest BCUT2D eigenvalue weighted by Crippen LogP contribution is 2.35. The zero-order chi connectivity index (χ0) is 25.2. The second-order valence-electron chi connectivity index (χ2n) is 9.47. The summed E-state index contributed by atoms with van der Waals surface area (Å²) in [6.45, 7) is 5.02. The van der Waals surface area contributed by atoms with Gasteiger partial charge < -0.3 is 0 Å². The van der Waals surface area contributed by atoms with Gasteiger partial charge >= 0.3 is 0 Å². The predicted molar refractivity (Wildman–Crippen MR) is 141 cm³/mol. The van der Waals surface area contributed by atoms with Gasteiger partial charge in [-0.1, -0.05) is 41.9 Å². The summed E-state index contributed by atoms with van der Waals surface area (Å²) in [6.07, 6.45) is 4.92. The summed E-state index contributed by atoms with van der Waals surface area (Å²) < 4.78 is 25.2. The molecule has 0 spiro atoms. The van der Waals surface area contributed by atoms with Crippen LogP contribution in [-0.4, -0.2) is 42.8 Å². The summed E-state index contributed by atoms with van der Waals surface area (Å²) in [5, 5.41) is 0.678. The van der Waals surface area contributed by atoms with E-state index >= 15 is 0 Å². The van der Waals surface area contributed by atoms with E-state index in [0.29, 0.717) is 36.0 Å². The molecule has 0 radical (unpaired) electrons. The van der Waals surface area contributed by atoms with Crippen molar-refractivity contribution in [2.75, 3.05) is 19.3 Å². The van der Waals surface area contributed by atoms with Gasteiger partial charge in [-0.3, -0.25) is 9.78 Å². The fraction of sp³-hybridized carbons (Fsp3) is 0.357. The SMILES string of the molecule is Cc1cc(C(=O)CC(c2ccc(C3CCN(S(C)(=O)=O)CC3)cc2)c2ccc(Cl)cc2C)ccn1. The second kappa shape index (κ2) is 10.6. The van der Waals surface area contributed by atoms with Crippen LogP contribution < -0.4 is 0 Å². The smallest absolute Gasteiger partial charge is 0.211 e. The Hall–Kier alpha value is -2.54. The molecule has 184 valence electrons. The highest BCUT2D eigenvalue weighted by atomic mass is 35.5. The van der Waals surface area contributed by atoms with Crippen LogP contribution >= 0.6 is 11.6 Å². The molecule has 1 saturated heterocycles. The minimum atomic E-state index is -3.14. The van der Waals surface area contributed by atoms with E-state index in [1.54, 1.807) is 16.6 Å². The Bertz CT molecular complexity index is 1310. The lowest BCUT2D eigenvalue weighted by atomic mass is 9.82. The summed E-state index contributed by atoms with van der Waals surface area (Å²) in [7, 11) is -3.14. The monoisotopic (exact) mass is 510 g/mol. The first-order valence-corrected chi connectivity index (χ1v) is 14.1. The molecule has 2 aromatic carbocycles. The van der Waals surface area contributed by atoms with Crippen LogP contribution in [0.25, 0.3) is 0 Å². The number of pyridine rings is 1. The minimum absolute atomic E-state index is 0.0760. The van der Waals surface area contributed by atoms with Gasteiger partial charge in [-0.25, -0.2) is 12.7 Å². The molecule has 0 aliphatic carbocycles. The molecule has 0 N–H and O–H groups in total. The van der Waals surface area contributed by atoms with Gasteiger partial charge in [-0.15, -0.1) is 0 Å². The fourth-order valence-corrected chi connectivity index (χ4v) is 6.08. The zero-order valence-electron chi connectivity index (χ0n) is 20.4. The molecule has 1 unspecified atom stereocenters. The number of rotatable bonds is 7. The highest BCUT2D eigenvalue weighted by Gasteiger charge is 2.26. The predicted octanol–water partition coefficient (Wildman–Crippen LogP) is 5.90. The maximum atomic E-state index is 13.3. The first-order chi connectivity index (χ1) is 16.6. The Morgan fingerprint density at radius 1 is 1.06 bits per heavy atom. The Balaban J connectivity index is 1.59. The van der Waals surface area contributed by atoms with E-state index in [0.717, 1.165) is 35.2 Å². The summed E-state index contributed by atoms with van der Waals surface area (Å²) in [4.78, 5) is 17.5. The average Bonchev–Trinajstić information content (AvgIpc) is 2.82. The lowest BCUT2D eigenvalue weighted by molar-refractivity contribution is 0.0977. The van der Waals surface area contributed by atoms with Crippen LogP contribution in [0, 0.1) is 13.8 Å². The van der Waals surface area contributed by atoms with Crippen molar-refractivity contribution in [1.29, 1.82) is 0 Å². The van der Waals surface area contributed by atoms with Crippen LogP contribution in [0.2, 0.25) is 5.02 Å². The van der Waals surface area contributed by atoms with Crippen molar-refractivity contribution in [2.24, 2.45) is 0 Å². The van der Waals surface area contributed by atoms with Crippen LogP contribution in [0.4, 0.5) is 0 Å². The number of Topliss-reactive ketones (excluding diaryl/α,β-unsaturated/α-hetero) is 1. The number of aromatic nitrogens is 1. The van der Waals surface area contributed by atoms with Crippen molar-refractivity contribution in [1.82, 2.24) is 9.29 Å². The van der Waals surface area contributed by atoms with Crippen molar-refractivity contribution in [2.45, 2.75) is 44.9 Å². The molecular formula is C28H31ClN2O3S. The van der Waals surface area contributed by atoms with Crippen LogP contribution in [0.15, 0.2) is 60.8 Å². The van der Waals surface area contributed by atoms with Gasteiger partial charge in [0.1, 0.15) is 0 Å². The van der Waals surface area contributed by atoms with Gasteiger partial charge in [0.25, 0.3) is 0 Å². The molecule has 3 aromatic rings. The molecule has 5 nitrogen and oxygen atoms in total. The third kappa shape index (κ3) is 6.18. The first kappa shape index (κ1) is 25.5. The first-order valence-electron chi connectivity index (χ1n) is 11.9. The second-order valence-corrected chi connectivity index (χ2v) is 11.9. The Morgan fingerprint density at radius 3 is 2.34 bits per heavy atom. The lowest BCUT2D eigenvalue weighted by Gasteiger charge is -2.30. The van der Waals surface area contributed by atoms with Crippen LogP contribution in [0.3, 0.4) is 0 Å². The third-order valence-corrected chi connectivity index (χ3v) is 8.49. The van der Waals surface area contributed by atoms with E-state index in [-0.39, 0.29) is 11.7 Å². The van der Waals surface area contributed by atoms with Crippen LogP contribution in [0.1, 0.15) is 69.4 Å². The molecule has 1 aliphatic heterocycles. The van der Waals surface area contributed by atoms with E-state index in [9.17, 15) is 13.2 Å². The number of carbonyl (C=O) groups is 1. The maximum absolute atomic E-state index is 13.3. The molecule has 1 atom stereocenters. The number of hydrogen-bond acceptors (Lipinski definition) is 4. The van der Waals surface area contributed by atoms with Crippen molar-refractivity contribution in [3.05, 3.63) is 99.3 Å². The molecule has 1 aliphatic rings. The van der Waals surface area contributed by atoms with E-state index in [1.165, 1.54) is 11.8 Å². The Morgan fingerprint density at radius 2 is 1.74 bits per heavy atom. The molecule has 2 heterocycles. The van der Waals surface area contributed by atoms with Crippen LogP contribution in [0.5, 0.6) is 0 Å². The molecule has 4 rings (SSSR count). The summed E-state index contributed by atoms with van der Waals surface area (Å²) in [5.74, 6) is 0.306. The van der Waals surface area contributed by atoms with E-state index in [2.05, 4.69) is 29.2 Å². The molecule has 35 heavy (non-hydrogen) atoms. The fourth-order valence-electron chi connectivity index (χ4n) is 4.98. The van der Waals surface area contributed by atoms with Crippen molar-refractivity contribution >= 4 is 27.4 Å². The van der Waals surface area contributed by atoms with E-state index in [4.69, 9.17) is 11.6 Å². The van der Waals surface area contributed by atoms with Gasteiger partial charge in [0.15, 0.2) is 5.78 Å². The molecule has 1 fully saturated rings. The van der Waals surface area contributed by atoms with Crippen LogP contribution in [-0.2, 0) is 10.0 Å². The Kier molecular flexibility index (Phi) is 7.74. The van der Waals surface area contributed by atoms with Crippen molar-refractivity contribution in [3.63, 3.8) is 0 Å². The number of halogens is 1.